The lowest BCUT2D eigenvalue weighted by atomic mass is 10.1. The summed E-state index contributed by atoms with van der Waals surface area (Å²) in [6, 6.07) is 0. The van der Waals surface area contributed by atoms with Gasteiger partial charge in [-0.15, -0.1) is 0 Å². The minimum absolute atomic E-state index is 0.687. The molecule has 0 amide bonds. The van der Waals surface area contributed by atoms with E-state index in [4.69, 9.17) is 8.85 Å². The number of allylic oxidation sites excluding steroid dienone is 2. The maximum Gasteiger partial charge on any atom is 0.339 e. The third-order valence-corrected chi connectivity index (χ3v) is 7.54. The van der Waals surface area contributed by atoms with Gasteiger partial charge >= 0.3 is 8.56 Å². The molecule has 3 unspecified atom stereocenters. The van der Waals surface area contributed by atoms with Gasteiger partial charge in [-0.3, -0.25) is 0 Å². The molecule has 0 N–H and O–H groups in total. The molecule has 1 fully saturated rings. The summed E-state index contributed by atoms with van der Waals surface area (Å²) in [6.45, 7) is 3.75. The average molecular weight is 222 g/mol. The van der Waals surface area contributed by atoms with Crippen molar-refractivity contribution in [3.63, 3.8) is 0 Å². The minimum atomic E-state index is -1.92. The highest BCUT2D eigenvalue weighted by atomic mass is 28.4. The highest BCUT2D eigenvalue weighted by Crippen LogP contribution is 2.52. The Morgan fingerprint density at radius 3 is 2.33 bits per heavy atom. The van der Waals surface area contributed by atoms with Crippen LogP contribution in [0.1, 0.15) is 12.8 Å². The van der Waals surface area contributed by atoms with Gasteiger partial charge in [0.1, 0.15) is 0 Å². The second kappa shape index (κ2) is 3.58. The van der Waals surface area contributed by atoms with Gasteiger partial charge < -0.3 is 8.85 Å². The molecular weight excluding hydrogens is 204 g/mol. The molecule has 3 heteroatoms. The molecule has 0 aromatic heterocycles. The van der Waals surface area contributed by atoms with E-state index in [2.05, 4.69) is 30.9 Å². The van der Waals surface area contributed by atoms with Gasteiger partial charge in [0, 0.05) is 5.54 Å². The Labute approximate surface area is 92.2 Å². The molecule has 2 nitrogen and oxygen atoms in total. The van der Waals surface area contributed by atoms with Crippen LogP contribution in [0.3, 0.4) is 0 Å². The molecule has 0 aromatic rings. The molecule has 82 valence electrons. The van der Waals surface area contributed by atoms with Gasteiger partial charge in [0.25, 0.3) is 0 Å². The predicted molar refractivity (Wildman–Crippen MR) is 61.8 cm³/mol. The van der Waals surface area contributed by atoms with Crippen LogP contribution < -0.4 is 0 Å². The highest BCUT2D eigenvalue weighted by molar-refractivity contribution is 6.68. The maximum atomic E-state index is 6.02. The molecule has 0 radical (unpaired) electrons. The van der Waals surface area contributed by atoms with E-state index in [0.717, 1.165) is 25.0 Å². The van der Waals surface area contributed by atoms with Crippen LogP contribution >= 0.6 is 0 Å². The molecule has 0 spiro atoms. The largest absolute Gasteiger partial charge is 0.390 e. The van der Waals surface area contributed by atoms with E-state index < -0.39 is 8.56 Å². The first-order valence-corrected chi connectivity index (χ1v) is 8.28. The summed E-state index contributed by atoms with van der Waals surface area (Å²) >= 11 is 0. The van der Waals surface area contributed by atoms with E-state index in [1.807, 2.05) is 0 Å². The molecule has 3 rings (SSSR count). The lowest BCUT2D eigenvalue weighted by Crippen LogP contribution is -2.44. The molecule has 2 aliphatic carbocycles. The van der Waals surface area contributed by atoms with E-state index in [-0.39, 0.29) is 0 Å². The number of hydrogen-bond donors (Lipinski definition) is 0. The third-order valence-electron chi connectivity index (χ3n) is 4.05. The van der Waals surface area contributed by atoms with Crippen molar-refractivity contribution in [3.8, 4) is 0 Å². The third kappa shape index (κ3) is 1.63. The van der Waals surface area contributed by atoms with Crippen molar-refractivity contribution in [3.05, 3.63) is 24.3 Å². The van der Waals surface area contributed by atoms with Crippen molar-refractivity contribution >= 4 is 8.56 Å². The van der Waals surface area contributed by atoms with Crippen LogP contribution in [0.5, 0.6) is 0 Å². The summed E-state index contributed by atoms with van der Waals surface area (Å²) < 4.78 is 12.0. The Kier molecular flexibility index (Phi) is 2.34. The van der Waals surface area contributed by atoms with E-state index in [1.165, 1.54) is 12.8 Å². The summed E-state index contributed by atoms with van der Waals surface area (Å²) in [5.41, 5.74) is 0.687. The molecule has 1 saturated carbocycles. The lowest BCUT2D eigenvalue weighted by Gasteiger charge is -2.34. The van der Waals surface area contributed by atoms with Crippen LogP contribution in [-0.4, -0.2) is 21.8 Å². The first kappa shape index (κ1) is 9.82. The van der Waals surface area contributed by atoms with Crippen LogP contribution in [0.15, 0.2) is 24.3 Å². The molecule has 3 aliphatic rings. The van der Waals surface area contributed by atoms with E-state index in [9.17, 15) is 0 Å². The topological polar surface area (TPSA) is 18.5 Å². The zero-order valence-electron chi connectivity index (χ0n) is 9.19. The molecule has 2 bridgehead atoms. The molecule has 1 aliphatic heterocycles. The minimum Gasteiger partial charge on any atom is -0.390 e. The second-order valence-corrected chi connectivity index (χ2v) is 8.35. The van der Waals surface area contributed by atoms with E-state index in [1.54, 1.807) is 0 Å². The molecular formula is C12H18O2Si. The van der Waals surface area contributed by atoms with E-state index >= 15 is 0 Å². The molecule has 0 saturated heterocycles. The quantitative estimate of drug-likeness (QED) is 0.501. The van der Waals surface area contributed by atoms with Crippen molar-refractivity contribution in [2.75, 3.05) is 13.2 Å². The van der Waals surface area contributed by atoms with Crippen molar-refractivity contribution in [2.24, 2.45) is 11.8 Å². The van der Waals surface area contributed by atoms with Crippen molar-refractivity contribution in [1.29, 1.82) is 0 Å². The van der Waals surface area contributed by atoms with Gasteiger partial charge in [0.15, 0.2) is 0 Å². The van der Waals surface area contributed by atoms with Crippen LogP contribution in [0.2, 0.25) is 12.1 Å². The Morgan fingerprint density at radius 1 is 1.07 bits per heavy atom. The number of hydrogen-bond acceptors (Lipinski definition) is 2. The Hall–Kier alpha value is -0.383. The predicted octanol–water partition coefficient (Wildman–Crippen LogP) is 2.63. The molecule has 15 heavy (non-hydrogen) atoms. The van der Waals surface area contributed by atoms with Crippen molar-refractivity contribution in [1.82, 2.24) is 0 Å². The molecule has 3 atom stereocenters. The highest BCUT2D eigenvalue weighted by Gasteiger charge is 2.51. The smallest absolute Gasteiger partial charge is 0.339 e. The number of fused-ring (bicyclic) bond motifs is 2. The first-order valence-electron chi connectivity index (χ1n) is 5.89. The fourth-order valence-electron chi connectivity index (χ4n) is 3.20. The van der Waals surface area contributed by atoms with Crippen LogP contribution in [-0.2, 0) is 8.85 Å². The molecule has 1 heterocycles. The van der Waals surface area contributed by atoms with Crippen LogP contribution in [0.4, 0.5) is 0 Å². The number of rotatable bonds is 1. The van der Waals surface area contributed by atoms with Crippen molar-refractivity contribution in [2.45, 2.75) is 24.9 Å². The monoisotopic (exact) mass is 222 g/mol. The zero-order valence-corrected chi connectivity index (χ0v) is 10.2. The standard InChI is InChI=1S/C12H18O2Si/c1-15(13-6-2-3-7-14-15)12-9-10-4-5-11(12)8-10/h2-5,10-12H,6-9H2,1H3. The summed E-state index contributed by atoms with van der Waals surface area (Å²) in [5.74, 6) is 1.55. The Bertz CT molecular complexity index is 301. The van der Waals surface area contributed by atoms with Crippen LogP contribution in [0.25, 0.3) is 0 Å². The fraction of sp³-hybridized carbons (Fsp3) is 0.667. The average Bonchev–Trinajstić information content (AvgIpc) is 2.79. The van der Waals surface area contributed by atoms with E-state index in [0.29, 0.717) is 5.54 Å². The zero-order chi connectivity index (χ0) is 10.3. The van der Waals surface area contributed by atoms with Crippen molar-refractivity contribution < 1.29 is 8.85 Å². The summed E-state index contributed by atoms with van der Waals surface area (Å²) in [6.07, 6.45) is 11.6. The molecule has 0 aromatic carbocycles. The Morgan fingerprint density at radius 2 is 1.80 bits per heavy atom. The normalized spacial score (nSPS) is 42.1. The summed E-state index contributed by atoms with van der Waals surface area (Å²) in [5, 5.41) is 0. The van der Waals surface area contributed by atoms with Gasteiger partial charge in [-0.1, -0.05) is 24.3 Å². The Balaban J connectivity index is 1.78. The summed E-state index contributed by atoms with van der Waals surface area (Å²) in [4.78, 5) is 0. The van der Waals surface area contributed by atoms with Gasteiger partial charge in [-0.2, -0.15) is 0 Å². The first-order chi connectivity index (χ1) is 7.28. The summed E-state index contributed by atoms with van der Waals surface area (Å²) in [7, 11) is -1.92. The fourth-order valence-corrected chi connectivity index (χ4v) is 6.32. The van der Waals surface area contributed by atoms with Crippen LogP contribution in [0, 0.1) is 11.8 Å². The van der Waals surface area contributed by atoms with Gasteiger partial charge in [0.2, 0.25) is 0 Å². The lowest BCUT2D eigenvalue weighted by molar-refractivity contribution is 0.199. The van der Waals surface area contributed by atoms with Gasteiger partial charge in [0.05, 0.1) is 13.2 Å². The van der Waals surface area contributed by atoms with Gasteiger partial charge in [-0.05, 0) is 31.2 Å². The maximum absolute atomic E-state index is 6.02. The second-order valence-electron chi connectivity index (χ2n) is 5.00. The SMILES string of the molecule is C[Si]1(C2CC3C=CC2C3)OCC=CCO1. The van der Waals surface area contributed by atoms with Gasteiger partial charge in [-0.25, -0.2) is 0 Å².